The molecule has 0 rings (SSSR count). The van der Waals surface area contributed by atoms with Gasteiger partial charge in [-0.05, 0) is 25.2 Å². The average Bonchev–Trinajstić information content (AvgIpc) is 2.01. The highest BCUT2D eigenvalue weighted by molar-refractivity contribution is 6.18. The van der Waals surface area contributed by atoms with Gasteiger partial charge in [0.25, 0.3) is 0 Å². The third kappa shape index (κ3) is 6.43. The predicted molar refractivity (Wildman–Crippen MR) is 53.2 cm³/mol. The molecule has 11 heavy (non-hydrogen) atoms. The number of hydrogen-bond acceptors (Lipinski definition) is 0. The Hall–Kier alpha value is 0.0300. The quantitative estimate of drug-likeness (QED) is 0.422. The van der Waals surface area contributed by atoms with Gasteiger partial charge in [-0.3, -0.25) is 0 Å². The molecule has 0 nitrogen and oxygen atoms in total. The minimum absolute atomic E-state index is 0.644. The Morgan fingerprint density at radius 2 is 2.09 bits per heavy atom. The van der Waals surface area contributed by atoms with Crippen LogP contribution in [0.3, 0.4) is 0 Å². The van der Waals surface area contributed by atoms with Gasteiger partial charge in [0.15, 0.2) is 0 Å². The van der Waals surface area contributed by atoms with Gasteiger partial charge in [0.2, 0.25) is 0 Å². The lowest BCUT2D eigenvalue weighted by molar-refractivity contribution is 0.582. The van der Waals surface area contributed by atoms with Crippen molar-refractivity contribution in [3.05, 3.63) is 12.2 Å². The van der Waals surface area contributed by atoms with E-state index in [1.54, 1.807) is 0 Å². The van der Waals surface area contributed by atoms with Crippen molar-refractivity contribution in [1.29, 1.82) is 0 Å². The molecule has 0 bridgehead atoms. The normalized spacial score (nSPS) is 13.0. The zero-order chi connectivity index (χ0) is 8.69. The molecule has 0 saturated carbocycles. The minimum atomic E-state index is 0.644. The van der Waals surface area contributed by atoms with E-state index in [1.165, 1.54) is 24.8 Å². The van der Waals surface area contributed by atoms with Crippen LogP contribution in [0.15, 0.2) is 12.2 Å². The van der Waals surface area contributed by atoms with Gasteiger partial charge in [-0.25, -0.2) is 0 Å². The van der Waals surface area contributed by atoms with E-state index in [4.69, 9.17) is 11.6 Å². The Kier molecular flexibility index (Phi) is 6.74. The van der Waals surface area contributed by atoms with Gasteiger partial charge in [0.1, 0.15) is 0 Å². The third-order valence-corrected chi connectivity index (χ3v) is 2.38. The highest BCUT2D eigenvalue weighted by Gasteiger charge is 2.00. The fourth-order valence-corrected chi connectivity index (χ4v) is 1.16. The van der Waals surface area contributed by atoms with E-state index in [9.17, 15) is 0 Å². The number of halogens is 1. The second-order valence-electron chi connectivity index (χ2n) is 3.30. The molecule has 1 unspecified atom stereocenters. The summed E-state index contributed by atoms with van der Waals surface area (Å²) in [5.74, 6) is 1.42. The summed E-state index contributed by atoms with van der Waals surface area (Å²) in [5.41, 5.74) is 1.38. The molecule has 0 aliphatic rings. The fourth-order valence-electron chi connectivity index (χ4n) is 1.01. The van der Waals surface area contributed by atoms with E-state index in [0.29, 0.717) is 5.92 Å². The topological polar surface area (TPSA) is 0 Å². The van der Waals surface area contributed by atoms with Gasteiger partial charge in [-0.1, -0.05) is 32.4 Å². The van der Waals surface area contributed by atoms with Crippen molar-refractivity contribution in [3.63, 3.8) is 0 Å². The molecular formula is C10H19Cl. The molecule has 0 radical (unpaired) electrons. The first kappa shape index (κ1) is 11.0. The Bertz CT molecular complexity index is 107. The molecule has 0 aliphatic heterocycles. The zero-order valence-electron chi connectivity index (χ0n) is 7.70. The summed E-state index contributed by atoms with van der Waals surface area (Å²) in [6.45, 7) is 8.38. The average molecular weight is 175 g/mol. The van der Waals surface area contributed by atoms with E-state index >= 15 is 0 Å². The van der Waals surface area contributed by atoms with Gasteiger partial charge in [-0.2, -0.15) is 0 Å². The maximum Gasteiger partial charge on any atom is 0.0249 e. The van der Waals surface area contributed by atoms with Crippen LogP contribution in [0.5, 0.6) is 0 Å². The summed E-state index contributed by atoms with van der Waals surface area (Å²) in [6.07, 6.45) is 4.74. The molecule has 0 aromatic heterocycles. The van der Waals surface area contributed by atoms with Crippen molar-refractivity contribution in [2.45, 2.75) is 39.5 Å². The second kappa shape index (κ2) is 6.72. The molecule has 0 heterocycles. The van der Waals surface area contributed by atoms with Crippen LogP contribution in [0, 0.1) is 5.92 Å². The van der Waals surface area contributed by atoms with Crippen LogP contribution in [0.1, 0.15) is 39.5 Å². The van der Waals surface area contributed by atoms with Gasteiger partial charge < -0.3 is 0 Å². The van der Waals surface area contributed by atoms with Gasteiger partial charge in [0.05, 0.1) is 0 Å². The smallest absolute Gasteiger partial charge is 0.0249 e. The summed E-state index contributed by atoms with van der Waals surface area (Å²) in [7, 11) is 0. The molecule has 0 saturated heterocycles. The zero-order valence-corrected chi connectivity index (χ0v) is 8.45. The first-order valence-electron chi connectivity index (χ1n) is 4.43. The van der Waals surface area contributed by atoms with Crippen molar-refractivity contribution >= 4 is 11.6 Å². The molecule has 0 aliphatic carbocycles. The number of allylic oxidation sites excluding steroid dienone is 1. The molecular weight excluding hydrogens is 156 g/mol. The summed E-state index contributed by atoms with van der Waals surface area (Å²) < 4.78 is 0. The molecule has 0 aromatic carbocycles. The monoisotopic (exact) mass is 174 g/mol. The minimum Gasteiger partial charge on any atom is -0.126 e. The maximum absolute atomic E-state index is 5.68. The highest BCUT2D eigenvalue weighted by Crippen LogP contribution is 2.15. The van der Waals surface area contributed by atoms with Crippen LogP contribution in [0.4, 0.5) is 0 Å². The van der Waals surface area contributed by atoms with Crippen molar-refractivity contribution in [3.8, 4) is 0 Å². The van der Waals surface area contributed by atoms with Crippen LogP contribution in [-0.2, 0) is 0 Å². The summed E-state index contributed by atoms with van der Waals surface area (Å²) in [4.78, 5) is 0. The van der Waals surface area contributed by atoms with Crippen LogP contribution in [-0.4, -0.2) is 5.88 Å². The molecule has 0 amide bonds. The van der Waals surface area contributed by atoms with Crippen molar-refractivity contribution in [2.24, 2.45) is 5.92 Å². The van der Waals surface area contributed by atoms with E-state index in [1.807, 2.05) is 0 Å². The lowest BCUT2D eigenvalue weighted by Crippen LogP contribution is -1.96. The lowest BCUT2D eigenvalue weighted by atomic mass is 10.0. The first-order valence-corrected chi connectivity index (χ1v) is 4.96. The fraction of sp³-hybridized carbons (Fsp3) is 0.800. The SMILES string of the molecule is C=C(CCC)CCC(C)CCl. The Morgan fingerprint density at radius 3 is 2.55 bits per heavy atom. The van der Waals surface area contributed by atoms with E-state index in [0.717, 1.165) is 12.3 Å². The Morgan fingerprint density at radius 1 is 1.45 bits per heavy atom. The van der Waals surface area contributed by atoms with E-state index in [-0.39, 0.29) is 0 Å². The predicted octanol–water partition coefficient (Wildman–Crippen LogP) is 4.00. The number of hydrogen-bond donors (Lipinski definition) is 0. The summed E-state index contributed by atoms with van der Waals surface area (Å²) in [6, 6.07) is 0. The largest absolute Gasteiger partial charge is 0.126 e. The molecule has 0 aromatic rings. The number of rotatable bonds is 6. The molecule has 66 valence electrons. The second-order valence-corrected chi connectivity index (χ2v) is 3.61. The molecule has 0 spiro atoms. The van der Waals surface area contributed by atoms with Gasteiger partial charge in [0, 0.05) is 5.88 Å². The van der Waals surface area contributed by atoms with Gasteiger partial charge >= 0.3 is 0 Å². The highest BCUT2D eigenvalue weighted by atomic mass is 35.5. The van der Waals surface area contributed by atoms with Crippen LogP contribution in [0.2, 0.25) is 0 Å². The summed E-state index contributed by atoms with van der Waals surface area (Å²) in [5, 5.41) is 0. The molecule has 1 heteroatoms. The standard InChI is InChI=1S/C10H19Cl/c1-4-5-9(2)6-7-10(3)8-11/h10H,2,4-8H2,1,3H3. The lowest BCUT2D eigenvalue weighted by Gasteiger charge is -2.07. The van der Waals surface area contributed by atoms with E-state index < -0.39 is 0 Å². The van der Waals surface area contributed by atoms with E-state index in [2.05, 4.69) is 20.4 Å². The maximum atomic E-state index is 5.68. The van der Waals surface area contributed by atoms with Crippen LogP contribution < -0.4 is 0 Å². The van der Waals surface area contributed by atoms with Crippen molar-refractivity contribution < 1.29 is 0 Å². The third-order valence-electron chi connectivity index (χ3n) is 1.86. The Balaban J connectivity index is 3.30. The van der Waals surface area contributed by atoms with Crippen molar-refractivity contribution in [1.82, 2.24) is 0 Å². The molecule has 1 atom stereocenters. The molecule has 0 N–H and O–H groups in total. The summed E-state index contributed by atoms with van der Waals surface area (Å²) >= 11 is 5.68. The van der Waals surface area contributed by atoms with Crippen LogP contribution >= 0.6 is 11.6 Å². The van der Waals surface area contributed by atoms with Crippen molar-refractivity contribution in [2.75, 3.05) is 5.88 Å². The molecule has 0 fully saturated rings. The number of alkyl halides is 1. The van der Waals surface area contributed by atoms with Crippen LogP contribution in [0.25, 0.3) is 0 Å². The van der Waals surface area contributed by atoms with Gasteiger partial charge in [-0.15, -0.1) is 11.6 Å². The first-order chi connectivity index (χ1) is 5.20. The Labute approximate surface area is 75.6 Å².